The molecule has 0 aliphatic heterocycles. The summed E-state index contributed by atoms with van der Waals surface area (Å²) >= 11 is 0. The van der Waals surface area contributed by atoms with Crippen LogP contribution in [0, 0.1) is 17.0 Å². The fourth-order valence-electron chi connectivity index (χ4n) is 1.94. The Kier molecular flexibility index (Phi) is 4.68. The second-order valence-electron chi connectivity index (χ2n) is 4.75. The molecule has 5 nitrogen and oxygen atoms in total. The molecule has 0 atom stereocenters. The van der Waals surface area contributed by atoms with Crippen LogP contribution in [-0.2, 0) is 0 Å². The Bertz CT molecular complexity index is 733. The Labute approximate surface area is 128 Å². The summed E-state index contributed by atoms with van der Waals surface area (Å²) < 4.78 is 4.94. The third-order valence-electron chi connectivity index (χ3n) is 3.16. The number of carbonyl (C=O) groups is 1. The number of carbonyl (C=O) groups excluding carboxylic acids is 1. The first kappa shape index (κ1) is 15.4. The maximum absolute atomic E-state index is 12.0. The van der Waals surface area contributed by atoms with E-state index >= 15 is 0 Å². The summed E-state index contributed by atoms with van der Waals surface area (Å²) in [6.45, 7) is 1.95. The molecule has 2 aromatic carbocycles. The summed E-state index contributed by atoms with van der Waals surface area (Å²) in [6, 6.07) is 11.8. The molecule has 0 aliphatic carbocycles. The van der Waals surface area contributed by atoms with Gasteiger partial charge >= 0.3 is 5.69 Å². The Morgan fingerprint density at radius 3 is 2.45 bits per heavy atom. The van der Waals surface area contributed by atoms with E-state index in [1.165, 1.54) is 25.3 Å². The van der Waals surface area contributed by atoms with Crippen molar-refractivity contribution in [2.75, 3.05) is 7.11 Å². The zero-order chi connectivity index (χ0) is 16.1. The molecule has 0 radical (unpaired) electrons. The van der Waals surface area contributed by atoms with Crippen molar-refractivity contribution in [3.05, 3.63) is 75.3 Å². The molecule has 0 saturated heterocycles. The van der Waals surface area contributed by atoms with E-state index in [9.17, 15) is 14.9 Å². The molecule has 22 heavy (non-hydrogen) atoms. The van der Waals surface area contributed by atoms with Gasteiger partial charge in [0.05, 0.1) is 12.0 Å². The lowest BCUT2D eigenvalue weighted by molar-refractivity contribution is -0.385. The lowest BCUT2D eigenvalue weighted by Gasteiger charge is -2.02. The number of nitro benzene ring substituents is 1. The molecular weight excluding hydrogens is 282 g/mol. The molecule has 0 saturated carbocycles. The van der Waals surface area contributed by atoms with Gasteiger partial charge in [-0.2, -0.15) is 0 Å². The van der Waals surface area contributed by atoms with Crippen molar-refractivity contribution in [1.82, 2.24) is 0 Å². The minimum atomic E-state index is -0.516. The van der Waals surface area contributed by atoms with E-state index in [4.69, 9.17) is 4.74 Å². The molecule has 0 aliphatic rings. The molecule has 0 unspecified atom stereocenters. The van der Waals surface area contributed by atoms with Gasteiger partial charge in [0.2, 0.25) is 0 Å². The number of hydrogen-bond donors (Lipinski definition) is 0. The van der Waals surface area contributed by atoms with E-state index in [1.54, 1.807) is 24.3 Å². The number of ketones is 1. The molecule has 0 bridgehead atoms. The van der Waals surface area contributed by atoms with Crippen LogP contribution in [0.4, 0.5) is 5.69 Å². The average molecular weight is 297 g/mol. The van der Waals surface area contributed by atoms with E-state index in [-0.39, 0.29) is 17.2 Å². The highest BCUT2D eigenvalue weighted by Crippen LogP contribution is 2.27. The molecular formula is C17H15NO4. The number of hydrogen-bond acceptors (Lipinski definition) is 4. The summed E-state index contributed by atoms with van der Waals surface area (Å²) in [5, 5.41) is 11.0. The summed E-state index contributed by atoms with van der Waals surface area (Å²) in [5.41, 5.74) is 2.08. The van der Waals surface area contributed by atoms with Crippen molar-refractivity contribution >= 4 is 17.5 Å². The lowest BCUT2D eigenvalue weighted by atomic mass is 10.1. The number of nitrogens with zero attached hydrogens (tertiary/aromatic N) is 1. The fourth-order valence-corrected chi connectivity index (χ4v) is 1.94. The van der Waals surface area contributed by atoms with Gasteiger partial charge in [0.25, 0.3) is 0 Å². The number of ether oxygens (including phenoxy) is 1. The van der Waals surface area contributed by atoms with Gasteiger partial charge < -0.3 is 4.74 Å². The van der Waals surface area contributed by atoms with E-state index < -0.39 is 4.92 Å². The van der Waals surface area contributed by atoms with E-state index in [0.717, 1.165) is 5.56 Å². The van der Waals surface area contributed by atoms with Crippen LogP contribution in [0.1, 0.15) is 21.5 Å². The Balaban J connectivity index is 2.22. The van der Waals surface area contributed by atoms with Gasteiger partial charge in [-0.15, -0.1) is 0 Å². The number of allylic oxidation sites excluding steroid dienone is 1. The highest BCUT2D eigenvalue weighted by molar-refractivity contribution is 6.06. The highest BCUT2D eigenvalue weighted by atomic mass is 16.6. The molecule has 0 heterocycles. The smallest absolute Gasteiger partial charge is 0.311 e. The van der Waals surface area contributed by atoms with Gasteiger partial charge in [-0.1, -0.05) is 42.0 Å². The molecule has 0 fully saturated rings. The van der Waals surface area contributed by atoms with E-state index in [0.29, 0.717) is 11.1 Å². The van der Waals surface area contributed by atoms with Crippen molar-refractivity contribution in [1.29, 1.82) is 0 Å². The standard InChI is InChI=1S/C17H15NO4/c1-12-3-7-14(8-4-12)16(19)9-5-13-6-10-17(22-2)15(11-13)18(20)21/h3-11H,1-2H3. The van der Waals surface area contributed by atoms with Crippen molar-refractivity contribution < 1.29 is 14.5 Å². The predicted octanol–water partition coefficient (Wildman–Crippen LogP) is 3.81. The third-order valence-corrected chi connectivity index (χ3v) is 3.16. The van der Waals surface area contributed by atoms with Crippen LogP contribution in [0.2, 0.25) is 0 Å². The Morgan fingerprint density at radius 2 is 1.86 bits per heavy atom. The van der Waals surface area contributed by atoms with Gasteiger partial charge in [-0.25, -0.2) is 0 Å². The minimum absolute atomic E-state index is 0.132. The monoisotopic (exact) mass is 297 g/mol. The first-order chi connectivity index (χ1) is 10.5. The minimum Gasteiger partial charge on any atom is -0.490 e. The molecule has 0 aromatic heterocycles. The highest BCUT2D eigenvalue weighted by Gasteiger charge is 2.14. The van der Waals surface area contributed by atoms with Gasteiger partial charge in [0, 0.05) is 11.6 Å². The summed E-state index contributed by atoms with van der Waals surface area (Å²) in [4.78, 5) is 22.5. The maximum Gasteiger partial charge on any atom is 0.311 e. The molecule has 0 spiro atoms. The van der Waals surface area contributed by atoms with Gasteiger partial charge in [0.1, 0.15) is 0 Å². The molecule has 0 amide bonds. The quantitative estimate of drug-likeness (QED) is 0.364. The molecule has 0 N–H and O–H groups in total. The SMILES string of the molecule is COc1ccc(C=CC(=O)c2ccc(C)cc2)cc1[N+](=O)[O-]. The van der Waals surface area contributed by atoms with Crippen LogP contribution in [0.15, 0.2) is 48.5 Å². The largest absolute Gasteiger partial charge is 0.490 e. The topological polar surface area (TPSA) is 69.4 Å². The van der Waals surface area contributed by atoms with Gasteiger partial charge in [0.15, 0.2) is 11.5 Å². The number of rotatable bonds is 5. The summed E-state index contributed by atoms with van der Waals surface area (Å²) in [5.74, 6) is 0.0329. The maximum atomic E-state index is 12.0. The van der Waals surface area contributed by atoms with Gasteiger partial charge in [-0.3, -0.25) is 14.9 Å². The van der Waals surface area contributed by atoms with Crippen LogP contribution in [0.5, 0.6) is 5.75 Å². The predicted molar refractivity (Wildman–Crippen MR) is 84.2 cm³/mol. The Morgan fingerprint density at radius 1 is 1.18 bits per heavy atom. The third kappa shape index (κ3) is 3.58. The number of nitro groups is 1. The van der Waals surface area contributed by atoms with E-state index in [1.807, 2.05) is 19.1 Å². The Hall–Kier alpha value is -2.95. The summed E-state index contributed by atoms with van der Waals surface area (Å²) in [6.07, 6.45) is 2.95. The number of aryl methyl sites for hydroxylation is 1. The van der Waals surface area contributed by atoms with Crippen molar-refractivity contribution in [2.24, 2.45) is 0 Å². The van der Waals surface area contributed by atoms with Gasteiger partial charge in [-0.05, 0) is 24.6 Å². The first-order valence-corrected chi connectivity index (χ1v) is 6.63. The second kappa shape index (κ2) is 6.67. The lowest BCUT2D eigenvalue weighted by Crippen LogP contribution is -1.95. The van der Waals surface area contributed by atoms with E-state index in [2.05, 4.69) is 0 Å². The number of benzene rings is 2. The van der Waals surface area contributed by atoms with Crippen molar-refractivity contribution in [2.45, 2.75) is 6.92 Å². The molecule has 2 aromatic rings. The zero-order valence-electron chi connectivity index (χ0n) is 12.3. The van der Waals surface area contributed by atoms with Crippen molar-refractivity contribution in [3.63, 3.8) is 0 Å². The van der Waals surface area contributed by atoms with Crippen LogP contribution in [-0.4, -0.2) is 17.8 Å². The second-order valence-corrected chi connectivity index (χ2v) is 4.75. The zero-order valence-corrected chi connectivity index (χ0v) is 12.3. The molecule has 5 heteroatoms. The number of methoxy groups -OCH3 is 1. The molecule has 2 rings (SSSR count). The summed E-state index contributed by atoms with van der Waals surface area (Å²) in [7, 11) is 1.37. The van der Waals surface area contributed by atoms with Crippen molar-refractivity contribution in [3.8, 4) is 5.75 Å². The normalized spacial score (nSPS) is 10.6. The van der Waals surface area contributed by atoms with Crippen LogP contribution in [0.3, 0.4) is 0 Å². The van der Waals surface area contributed by atoms with Crippen LogP contribution >= 0.6 is 0 Å². The average Bonchev–Trinajstić information content (AvgIpc) is 2.53. The molecule has 112 valence electrons. The fraction of sp³-hybridized carbons (Fsp3) is 0.118. The van der Waals surface area contributed by atoms with Crippen LogP contribution < -0.4 is 4.74 Å². The first-order valence-electron chi connectivity index (χ1n) is 6.63. The van der Waals surface area contributed by atoms with Crippen LogP contribution in [0.25, 0.3) is 6.08 Å².